The van der Waals surface area contributed by atoms with Crippen LogP contribution in [0.4, 0.5) is 0 Å². The number of allylic oxidation sites excluding steroid dienone is 1. The first-order chi connectivity index (χ1) is 7.59. The van der Waals surface area contributed by atoms with E-state index in [1.807, 2.05) is 0 Å². The summed E-state index contributed by atoms with van der Waals surface area (Å²) in [6.45, 7) is 9.89. The number of hydrogen-bond acceptors (Lipinski definition) is 1. The molecule has 1 aliphatic carbocycles. The molecule has 1 nitrogen and oxygen atoms in total. The summed E-state index contributed by atoms with van der Waals surface area (Å²) in [4.78, 5) is 0. The van der Waals surface area contributed by atoms with E-state index in [1.54, 1.807) is 0 Å². The zero-order chi connectivity index (χ0) is 12.0. The highest BCUT2D eigenvalue weighted by atomic mass is 14.8. The number of hydrogen-bond donors (Lipinski definition) is 1. The van der Waals surface area contributed by atoms with Crippen LogP contribution in [-0.2, 0) is 0 Å². The second-order valence-electron chi connectivity index (χ2n) is 6.20. The Balaban J connectivity index is 2.46. The Bertz CT molecular complexity index is 207. The molecular weight excluding hydrogens is 194 g/mol. The van der Waals surface area contributed by atoms with Crippen molar-refractivity contribution in [2.75, 3.05) is 13.6 Å². The van der Waals surface area contributed by atoms with E-state index in [1.165, 1.54) is 45.1 Å². The molecule has 1 rings (SSSR count). The molecule has 16 heavy (non-hydrogen) atoms. The Morgan fingerprint density at radius 1 is 1.38 bits per heavy atom. The molecule has 0 bridgehead atoms. The molecule has 0 aromatic heterocycles. The van der Waals surface area contributed by atoms with Gasteiger partial charge in [-0.1, -0.05) is 19.9 Å². The molecule has 1 N–H and O–H groups in total. The van der Waals surface area contributed by atoms with Crippen molar-refractivity contribution < 1.29 is 0 Å². The van der Waals surface area contributed by atoms with Crippen molar-refractivity contribution in [1.82, 2.24) is 5.32 Å². The van der Waals surface area contributed by atoms with E-state index in [0.717, 1.165) is 11.8 Å². The summed E-state index contributed by atoms with van der Waals surface area (Å²) in [6.07, 6.45) is 10.2. The van der Waals surface area contributed by atoms with Crippen LogP contribution in [0.2, 0.25) is 0 Å². The molecule has 1 heteroatoms. The van der Waals surface area contributed by atoms with Crippen LogP contribution in [0.1, 0.15) is 52.4 Å². The van der Waals surface area contributed by atoms with Crippen LogP contribution in [0.15, 0.2) is 12.7 Å². The molecule has 2 unspecified atom stereocenters. The van der Waals surface area contributed by atoms with Gasteiger partial charge in [-0.15, -0.1) is 6.58 Å². The monoisotopic (exact) mass is 223 g/mol. The van der Waals surface area contributed by atoms with E-state index in [2.05, 4.69) is 38.9 Å². The maximum atomic E-state index is 3.81. The smallest absolute Gasteiger partial charge is 0.00209 e. The lowest BCUT2D eigenvalue weighted by Gasteiger charge is -2.41. The van der Waals surface area contributed by atoms with Gasteiger partial charge in [-0.3, -0.25) is 0 Å². The van der Waals surface area contributed by atoms with E-state index >= 15 is 0 Å². The van der Waals surface area contributed by atoms with Crippen LogP contribution in [0.5, 0.6) is 0 Å². The van der Waals surface area contributed by atoms with Crippen molar-refractivity contribution in [3.05, 3.63) is 12.7 Å². The van der Waals surface area contributed by atoms with Crippen LogP contribution in [0.3, 0.4) is 0 Å². The van der Waals surface area contributed by atoms with Gasteiger partial charge >= 0.3 is 0 Å². The summed E-state index contributed by atoms with van der Waals surface area (Å²) in [5.74, 6) is 1.83. The second-order valence-corrected chi connectivity index (χ2v) is 6.20. The van der Waals surface area contributed by atoms with Crippen molar-refractivity contribution in [3.63, 3.8) is 0 Å². The van der Waals surface area contributed by atoms with Gasteiger partial charge in [0.15, 0.2) is 0 Å². The van der Waals surface area contributed by atoms with E-state index in [-0.39, 0.29) is 0 Å². The summed E-state index contributed by atoms with van der Waals surface area (Å²) < 4.78 is 0. The largest absolute Gasteiger partial charge is 0.319 e. The fourth-order valence-electron chi connectivity index (χ4n) is 3.18. The standard InChI is InChI=1S/C15H29N/c1-5-6-7-8-13-11-15(2,3)10-9-14(13)12-16-4/h5,13-14,16H,1,6-12H2,2-4H3. The molecule has 0 aliphatic heterocycles. The molecular formula is C15H29N. The molecule has 0 spiro atoms. The summed E-state index contributed by atoms with van der Waals surface area (Å²) in [5.41, 5.74) is 0.573. The van der Waals surface area contributed by atoms with Gasteiger partial charge in [0, 0.05) is 0 Å². The minimum Gasteiger partial charge on any atom is -0.319 e. The molecule has 1 saturated carbocycles. The predicted molar refractivity (Wildman–Crippen MR) is 72.6 cm³/mol. The normalized spacial score (nSPS) is 28.9. The van der Waals surface area contributed by atoms with Crippen LogP contribution < -0.4 is 5.32 Å². The third-order valence-corrected chi connectivity index (χ3v) is 4.12. The first-order valence-corrected chi connectivity index (χ1v) is 6.84. The molecule has 0 heterocycles. The van der Waals surface area contributed by atoms with Crippen molar-refractivity contribution >= 4 is 0 Å². The molecule has 0 aromatic carbocycles. The lowest BCUT2D eigenvalue weighted by molar-refractivity contribution is 0.110. The van der Waals surface area contributed by atoms with Gasteiger partial charge in [0.2, 0.25) is 0 Å². The van der Waals surface area contributed by atoms with Crippen LogP contribution in [0.25, 0.3) is 0 Å². The summed E-state index contributed by atoms with van der Waals surface area (Å²) >= 11 is 0. The maximum Gasteiger partial charge on any atom is -0.00209 e. The van der Waals surface area contributed by atoms with Crippen molar-refractivity contribution in [2.45, 2.75) is 52.4 Å². The lowest BCUT2D eigenvalue weighted by Crippen LogP contribution is -2.35. The first-order valence-electron chi connectivity index (χ1n) is 6.84. The molecule has 0 aromatic rings. The summed E-state index contributed by atoms with van der Waals surface area (Å²) in [5, 5.41) is 3.37. The van der Waals surface area contributed by atoms with Crippen LogP contribution in [-0.4, -0.2) is 13.6 Å². The fraction of sp³-hybridized carbons (Fsp3) is 0.867. The van der Waals surface area contributed by atoms with E-state index in [4.69, 9.17) is 0 Å². The summed E-state index contributed by atoms with van der Waals surface area (Å²) in [7, 11) is 2.08. The topological polar surface area (TPSA) is 12.0 Å². The molecule has 94 valence electrons. The second kappa shape index (κ2) is 6.44. The van der Waals surface area contributed by atoms with Crippen molar-refractivity contribution in [1.29, 1.82) is 0 Å². The number of nitrogens with one attached hydrogen (secondary N) is 1. The Morgan fingerprint density at radius 2 is 2.12 bits per heavy atom. The average molecular weight is 223 g/mol. The van der Waals surface area contributed by atoms with Gasteiger partial charge in [0.05, 0.1) is 0 Å². The zero-order valence-electron chi connectivity index (χ0n) is 11.4. The highest BCUT2D eigenvalue weighted by Crippen LogP contribution is 2.43. The third-order valence-electron chi connectivity index (χ3n) is 4.12. The SMILES string of the molecule is C=CCCCC1CC(C)(C)CCC1CNC. The molecule has 0 radical (unpaired) electrons. The molecule has 0 amide bonds. The minimum atomic E-state index is 0.573. The summed E-state index contributed by atoms with van der Waals surface area (Å²) in [6, 6.07) is 0. The van der Waals surface area contributed by atoms with Crippen molar-refractivity contribution in [3.8, 4) is 0 Å². The molecule has 1 aliphatic rings. The van der Waals surface area contributed by atoms with Crippen LogP contribution >= 0.6 is 0 Å². The lowest BCUT2D eigenvalue weighted by atomic mass is 9.66. The van der Waals surface area contributed by atoms with E-state index in [9.17, 15) is 0 Å². The van der Waals surface area contributed by atoms with Gasteiger partial charge in [0.25, 0.3) is 0 Å². The average Bonchev–Trinajstić information content (AvgIpc) is 2.22. The van der Waals surface area contributed by atoms with Gasteiger partial charge in [-0.05, 0) is 69.4 Å². The fourth-order valence-corrected chi connectivity index (χ4v) is 3.18. The quantitative estimate of drug-likeness (QED) is 0.530. The Hall–Kier alpha value is -0.300. The molecule has 1 fully saturated rings. The highest BCUT2D eigenvalue weighted by molar-refractivity contribution is 4.86. The Morgan fingerprint density at radius 3 is 2.75 bits per heavy atom. The van der Waals surface area contributed by atoms with Gasteiger partial charge < -0.3 is 5.32 Å². The third kappa shape index (κ3) is 4.29. The predicted octanol–water partition coefficient (Wildman–Crippen LogP) is 4.00. The van der Waals surface area contributed by atoms with Gasteiger partial charge in [-0.2, -0.15) is 0 Å². The Kier molecular flexibility index (Phi) is 5.54. The van der Waals surface area contributed by atoms with Crippen LogP contribution in [0, 0.1) is 17.3 Å². The number of unbranched alkanes of at least 4 members (excludes halogenated alkanes) is 1. The zero-order valence-corrected chi connectivity index (χ0v) is 11.4. The first kappa shape index (κ1) is 13.8. The van der Waals surface area contributed by atoms with Crippen molar-refractivity contribution in [2.24, 2.45) is 17.3 Å². The molecule has 0 saturated heterocycles. The Labute approximate surface area is 102 Å². The van der Waals surface area contributed by atoms with Gasteiger partial charge in [0.1, 0.15) is 0 Å². The highest BCUT2D eigenvalue weighted by Gasteiger charge is 2.33. The molecule has 2 atom stereocenters. The van der Waals surface area contributed by atoms with Gasteiger partial charge in [-0.25, -0.2) is 0 Å². The van der Waals surface area contributed by atoms with E-state index in [0.29, 0.717) is 5.41 Å². The maximum absolute atomic E-state index is 3.81. The minimum absolute atomic E-state index is 0.573. The number of rotatable bonds is 6. The van der Waals surface area contributed by atoms with E-state index < -0.39 is 0 Å².